The van der Waals surface area contributed by atoms with Crippen molar-refractivity contribution in [2.45, 2.75) is 53.4 Å². The first-order valence-electron chi connectivity index (χ1n) is 9.60. The van der Waals surface area contributed by atoms with E-state index in [1.165, 1.54) is 12.8 Å². The quantitative estimate of drug-likeness (QED) is 0.397. The Bertz CT molecular complexity index is 665. The van der Waals surface area contributed by atoms with Crippen LogP contribution < -0.4 is 4.84 Å². The fourth-order valence-corrected chi connectivity index (χ4v) is 2.80. The van der Waals surface area contributed by atoms with Crippen molar-refractivity contribution in [3.63, 3.8) is 0 Å². The van der Waals surface area contributed by atoms with Gasteiger partial charge in [0.25, 0.3) is 0 Å². The predicted molar refractivity (Wildman–Crippen MR) is 102 cm³/mol. The highest BCUT2D eigenvalue weighted by Gasteiger charge is 2.25. The average Bonchev–Trinajstić information content (AvgIpc) is 3.05. The zero-order valence-electron chi connectivity index (χ0n) is 16.1. The fraction of sp³-hybridized carbons (Fsp3) is 0.632. The molecule has 2 rings (SSSR count). The Hall–Kier alpha value is -2.11. The normalized spacial score (nSPS) is 10.9. The summed E-state index contributed by atoms with van der Waals surface area (Å²) in [4.78, 5) is 10.1. The number of amidine groups is 1. The molecule has 1 heterocycles. The fourth-order valence-electron chi connectivity index (χ4n) is 2.80. The molecule has 25 heavy (non-hydrogen) atoms. The highest BCUT2D eigenvalue weighted by molar-refractivity contribution is 5.75. The number of benzene rings is 1. The lowest BCUT2D eigenvalue weighted by molar-refractivity contribution is -0.542. The summed E-state index contributed by atoms with van der Waals surface area (Å²) in [5.74, 6) is 0. The number of fused-ring (bicyclic) bond motifs is 1. The van der Waals surface area contributed by atoms with Gasteiger partial charge in [-0.3, -0.25) is 4.84 Å². The first-order chi connectivity index (χ1) is 12.2. The molecule has 0 unspecified atom stereocenters. The Kier molecular flexibility index (Phi) is 7.70. The molecule has 0 saturated carbocycles. The third kappa shape index (κ3) is 4.94. The molecule has 0 spiro atoms. The van der Waals surface area contributed by atoms with Gasteiger partial charge in [0.2, 0.25) is 0 Å². The Morgan fingerprint density at radius 2 is 1.68 bits per heavy atom. The van der Waals surface area contributed by atoms with Crippen LogP contribution in [-0.2, 0) is 0 Å². The summed E-state index contributed by atoms with van der Waals surface area (Å²) in [5, 5.41) is 8.40. The summed E-state index contributed by atoms with van der Waals surface area (Å²) < 4.78 is 2.36. The number of hydrogen-bond donors (Lipinski definition) is 0. The summed E-state index contributed by atoms with van der Waals surface area (Å²) >= 11 is 0. The van der Waals surface area contributed by atoms with E-state index in [9.17, 15) is 0 Å². The van der Waals surface area contributed by atoms with Gasteiger partial charge in [-0.15, -0.1) is 5.10 Å². The van der Waals surface area contributed by atoms with Crippen LogP contribution in [0.2, 0.25) is 0 Å². The second kappa shape index (κ2) is 10.0. The molecule has 0 N–H and O–H groups in total. The average molecular weight is 346 g/mol. The number of para-hydroxylation sites is 1. The van der Waals surface area contributed by atoms with Crippen LogP contribution in [0, 0.1) is 0 Å². The zero-order chi connectivity index (χ0) is 18.1. The molecular weight excluding hydrogens is 314 g/mol. The Morgan fingerprint density at radius 3 is 2.28 bits per heavy atom. The van der Waals surface area contributed by atoms with Gasteiger partial charge in [0.15, 0.2) is 0 Å². The molecule has 0 aliphatic heterocycles. The Morgan fingerprint density at radius 1 is 1.04 bits per heavy atom. The third-order valence-electron chi connectivity index (χ3n) is 4.36. The predicted octanol–water partition coefficient (Wildman–Crippen LogP) is 3.17. The lowest BCUT2D eigenvalue weighted by Crippen LogP contribution is -2.45. The van der Waals surface area contributed by atoms with Crippen LogP contribution in [0.1, 0.15) is 53.4 Å². The van der Waals surface area contributed by atoms with Gasteiger partial charge >= 0.3 is 6.02 Å². The van der Waals surface area contributed by atoms with Crippen LogP contribution in [0.4, 0.5) is 0 Å². The summed E-state index contributed by atoms with van der Waals surface area (Å²) in [6.07, 6.45) is 4.63. The van der Waals surface area contributed by atoms with E-state index < -0.39 is 0 Å². The smallest absolute Gasteiger partial charge is 0.278 e. The molecular formula is C19H32N5O+. The van der Waals surface area contributed by atoms with E-state index in [0.29, 0.717) is 0 Å². The van der Waals surface area contributed by atoms with E-state index in [2.05, 4.69) is 47.5 Å². The first kappa shape index (κ1) is 19.2. The van der Waals surface area contributed by atoms with Crippen molar-refractivity contribution in [1.29, 1.82) is 0 Å². The van der Waals surface area contributed by atoms with E-state index in [4.69, 9.17) is 4.84 Å². The van der Waals surface area contributed by atoms with E-state index in [1.54, 1.807) is 4.85 Å². The van der Waals surface area contributed by atoms with Crippen LogP contribution in [0.15, 0.2) is 24.3 Å². The SMILES string of the molecule is CCCC[N+](CCCC)=C(On1nnc2ccccc21)N(CC)CC. The largest absolute Gasteiger partial charge is 0.472 e. The number of hydrogen-bond acceptors (Lipinski definition) is 3. The van der Waals surface area contributed by atoms with Crippen LogP contribution in [0.3, 0.4) is 0 Å². The minimum atomic E-state index is 0.843. The molecule has 2 aromatic rings. The Labute approximate surface area is 151 Å². The topological polar surface area (TPSA) is 46.2 Å². The summed E-state index contributed by atoms with van der Waals surface area (Å²) in [7, 11) is 0. The molecule has 6 heteroatoms. The van der Waals surface area contributed by atoms with Gasteiger partial charge in [-0.1, -0.05) is 43.7 Å². The van der Waals surface area contributed by atoms with Crippen molar-refractivity contribution < 1.29 is 9.41 Å². The molecule has 0 aliphatic rings. The van der Waals surface area contributed by atoms with Gasteiger partial charge in [-0.25, -0.2) is 9.48 Å². The Balaban J connectivity index is 2.40. The van der Waals surface area contributed by atoms with Crippen LogP contribution >= 0.6 is 0 Å². The first-order valence-corrected chi connectivity index (χ1v) is 9.60. The van der Waals surface area contributed by atoms with Gasteiger partial charge in [0, 0.05) is 0 Å². The van der Waals surface area contributed by atoms with Crippen molar-refractivity contribution >= 4 is 17.1 Å². The zero-order valence-corrected chi connectivity index (χ0v) is 16.1. The summed E-state index contributed by atoms with van der Waals surface area (Å²) in [6.45, 7) is 12.5. The van der Waals surface area contributed by atoms with E-state index in [-0.39, 0.29) is 0 Å². The van der Waals surface area contributed by atoms with Crippen LogP contribution in [-0.4, -0.2) is 56.8 Å². The highest BCUT2D eigenvalue weighted by atomic mass is 16.7. The maximum Gasteiger partial charge on any atom is 0.472 e. The second-order valence-electron chi connectivity index (χ2n) is 6.19. The maximum absolute atomic E-state index is 6.28. The van der Waals surface area contributed by atoms with Crippen molar-refractivity contribution in [3.05, 3.63) is 24.3 Å². The second-order valence-corrected chi connectivity index (χ2v) is 6.19. The van der Waals surface area contributed by atoms with Crippen molar-refractivity contribution in [2.24, 2.45) is 0 Å². The molecule has 0 saturated heterocycles. The van der Waals surface area contributed by atoms with Crippen LogP contribution in [0.5, 0.6) is 0 Å². The minimum Gasteiger partial charge on any atom is -0.278 e. The molecule has 0 radical (unpaired) electrons. The van der Waals surface area contributed by atoms with Gasteiger partial charge in [0.1, 0.15) is 11.0 Å². The standard InChI is InChI=1S/C19H32N5O/c1-5-9-15-23(16-10-6-2)19(22(7-3)8-4)25-24-18-14-12-11-13-17(18)20-21-24/h11-14H,5-10,15-16H2,1-4H3/q+1. The number of aromatic nitrogens is 3. The van der Waals surface area contributed by atoms with Crippen molar-refractivity contribution in [2.75, 3.05) is 26.2 Å². The molecule has 6 nitrogen and oxygen atoms in total. The molecule has 0 atom stereocenters. The van der Waals surface area contributed by atoms with Crippen LogP contribution in [0.25, 0.3) is 11.0 Å². The van der Waals surface area contributed by atoms with Crippen molar-refractivity contribution in [1.82, 2.24) is 20.1 Å². The molecule has 0 amide bonds. The molecule has 1 aromatic heterocycles. The minimum absolute atomic E-state index is 0.843. The number of rotatable bonds is 9. The molecule has 1 aromatic carbocycles. The van der Waals surface area contributed by atoms with Gasteiger partial charge in [-0.2, -0.15) is 0 Å². The molecule has 138 valence electrons. The van der Waals surface area contributed by atoms with Gasteiger partial charge in [0.05, 0.1) is 26.2 Å². The number of nitrogens with zero attached hydrogens (tertiary/aromatic N) is 5. The monoisotopic (exact) mass is 346 g/mol. The maximum atomic E-state index is 6.28. The molecule has 0 bridgehead atoms. The molecule has 0 aliphatic carbocycles. The van der Waals surface area contributed by atoms with Crippen molar-refractivity contribution in [3.8, 4) is 0 Å². The number of unbranched alkanes of at least 4 members (excludes halogenated alkanes) is 2. The molecule has 0 fully saturated rings. The third-order valence-corrected chi connectivity index (χ3v) is 4.36. The van der Waals surface area contributed by atoms with E-state index in [1.807, 2.05) is 24.3 Å². The highest BCUT2D eigenvalue weighted by Crippen LogP contribution is 2.09. The van der Waals surface area contributed by atoms with Gasteiger partial charge < -0.3 is 0 Å². The van der Waals surface area contributed by atoms with Gasteiger partial charge in [-0.05, 0) is 44.0 Å². The summed E-state index contributed by atoms with van der Waals surface area (Å²) in [6, 6.07) is 8.75. The lowest BCUT2D eigenvalue weighted by Gasteiger charge is -2.19. The van der Waals surface area contributed by atoms with E-state index >= 15 is 0 Å². The lowest BCUT2D eigenvalue weighted by atomic mass is 10.3. The summed E-state index contributed by atoms with van der Waals surface area (Å²) in [5.41, 5.74) is 1.73. The van der Waals surface area contributed by atoms with E-state index in [0.717, 1.165) is 56.1 Å².